The maximum atomic E-state index is 12.1. The third kappa shape index (κ3) is 2.86. The van der Waals surface area contributed by atoms with Crippen molar-refractivity contribution in [2.75, 3.05) is 11.9 Å². The van der Waals surface area contributed by atoms with E-state index >= 15 is 0 Å². The molecular formula is C16H16BrNO2. The second-order valence-corrected chi connectivity index (χ2v) is 5.88. The van der Waals surface area contributed by atoms with Crippen molar-refractivity contribution in [3.63, 3.8) is 0 Å². The van der Waals surface area contributed by atoms with E-state index in [1.165, 1.54) is 0 Å². The van der Waals surface area contributed by atoms with Gasteiger partial charge in [0.2, 0.25) is 5.91 Å². The van der Waals surface area contributed by atoms with Crippen LogP contribution in [0.3, 0.4) is 0 Å². The van der Waals surface area contributed by atoms with E-state index in [-0.39, 0.29) is 12.0 Å². The van der Waals surface area contributed by atoms with Crippen molar-refractivity contribution in [1.82, 2.24) is 0 Å². The lowest BCUT2D eigenvalue weighted by molar-refractivity contribution is -0.118. The van der Waals surface area contributed by atoms with Gasteiger partial charge in [0, 0.05) is 22.2 Å². The van der Waals surface area contributed by atoms with E-state index in [9.17, 15) is 4.79 Å². The van der Waals surface area contributed by atoms with Crippen LogP contribution in [0.15, 0.2) is 40.9 Å². The second-order valence-electron chi connectivity index (χ2n) is 5.03. The molecule has 1 unspecified atom stereocenters. The summed E-state index contributed by atoms with van der Waals surface area (Å²) in [6.07, 6.45) is 2.55. The Bertz CT molecular complexity index is 635. The molecule has 3 nitrogen and oxygen atoms in total. The molecule has 0 bridgehead atoms. The number of carbonyl (C=O) groups excluding carboxylic acids is 1. The van der Waals surface area contributed by atoms with Crippen LogP contribution in [0.25, 0.3) is 10.8 Å². The van der Waals surface area contributed by atoms with Crippen LogP contribution in [0.2, 0.25) is 0 Å². The van der Waals surface area contributed by atoms with Crippen LogP contribution in [0.4, 0.5) is 5.69 Å². The smallest absolute Gasteiger partial charge is 0.227 e. The minimum absolute atomic E-state index is 0.0179. The molecule has 4 heteroatoms. The van der Waals surface area contributed by atoms with Gasteiger partial charge in [-0.25, -0.2) is 0 Å². The number of amides is 1. The Morgan fingerprint density at radius 2 is 2.05 bits per heavy atom. The molecule has 0 aromatic heterocycles. The largest absolute Gasteiger partial charge is 0.378 e. The van der Waals surface area contributed by atoms with E-state index in [0.717, 1.165) is 40.4 Å². The summed E-state index contributed by atoms with van der Waals surface area (Å²) in [6.45, 7) is 0.777. The average Bonchev–Trinajstić information content (AvgIpc) is 2.95. The number of hydrogen-bond donors (Lipinski definition) is 1. The highest BCUT2D eigenvalue weighted by Crippen LogP contribution is 2.30. The lowest BCUT2D eigenvalue weighted by atomic mass is 10.1. The van der Waals surface area contributed by atoms with Crippen molar-refractivity contribution < 1.29 is 9.53 Å². The van der Waals surface area contributed by atoms with Crippen LogP contribution < -0.4 is 5.32 Å². The number of nitrogens with one attached hydrogen (secondary N) is 1. The quantitative estimate of drug-likeness (QED) is 0.917. The molecule has 1 fully saturated rings. The highest BCUT2D eigenvalue weighted by atomic mass is 79.9. The van der Waals surface area contributed by atoms with Crippen LogP contribution >= 0.6 is 15.9 Å². The predicted octanol–water partition coefficient (Wildman–Crippen LogP) is 4.11. The highest BCUT2D eigenvalue weighted by molar-refractivity contribution is 9.10. The van der Waals surface area contributed by atoms with E-state index < -0.39 is 0 Å². The normalized spacial score (nSPS) is 18.4. The van der Waals surface area contributed by atoms with Gasteiger partial charge in [0.05, 0.1) is 12.5 Å². The van der Waals surface area contributed by atoms with Crippen molar-refractivity contribution >= 4 is 38.3 Å². The molecule has 1 N–H and O–H groups in total. The van der Waals surface area contributed by atoms with E-state index in [1.54, 1.807) is 0 Å². The first-order chi connectivity index (χ1) is 9.74. The zero-order valence-corrected chi connectivity index (χ0v) is 12.7. The Balaban J connectivity index is 1.80. The van der Waals surface area contributed by atoms with Gasteiger partial charge in [0.15, 0.2) is 0 Å². The SMILES string of the molecule is O=C(CC1CCCO1)Nc1ccc(Br)c2ccccc12. The molecule has 0 spiro atoms. The number of ether oxygens (including phenoxy) is 1. The number of anilines is 1. The van der Waals surface area contributed by atoms with Crippen molar-refractivity contribution in [3.8, 4) is 0 Å². The highest BCUT2D eigenvalue weighted by Gasteiger charge is 2.19. The lowest BCUT2D eigenvalue weighted by Crippen LogP contribution is -2.19. The van der Waals surface area contributed by atoms with Gasteiger partial charge in [-0.05, 0) is 30.4 Å². The summed E-state index contributed by atoms with van der Waals surface area (Å²) in [5.74, 6) is 0.0179. The van der Waals surface area contributed by atoms with E-state index in [0.29, 0.717) is 6.42 Å². The van der Waals surface area contributed by atoms with Gasteiger partial charge >= 0.3 is 0 Å². The van der Waals surface area contributed by atoms with Crippen molar-refractivity contribution in [3.05, 3.63) is 40.9 Å². The van der Waals surface area contributed by atoms with Crippen molar-refractivity contribution in [2.45, 2.75) is 25.4 Å². The van der Waals surface area contributed by atoms with Gasteiger partial charge in [-0.1, -0.05) is 40.2 Å². The van der Waals surface area contributed by atoms with E-state index in [2.05, 4.69) is 21.2 Å². The fourth-order valence-electron chi connectivity index (χ4n) is 2.58. The summed E-state index contributed by atoms with van der Waals surface area (Å²) in [4.78, 5) is 12.1. The Kier molecular flexibility index (Phi) is 4.03. The third-order valence-electron chi connectivity index (χ3n) is 3.58. The minimum atomic E-state index is 0.0179. The van der Waals surface area contributed by atoms with Crippen LogP contribution in [-0.4, -0.2) is 18.6 Å². The Labute approximate surface area is 126 Å². The fraction of sp³-hybridized carbons (Fsp3) is 0.312. The standard InChI is InChI=1S/C16H16BrNO2/c17-14-7-8-15(13-6-2-1-5-12(13)14)18-16(19)10-11-4-3-9-20-11/h1-2,5-8,11H,3-4,9-10H2,(H,18,19). The maximum absolute atomic E-state index is 12.1. The molecule has 1 aliphatic rings. The zero-order valence-electron chi connectivity index (χ0n) is 11.1. The summed E-state index contributed by atoms with van der Waals surface area (Å²) in [5, 5.41) is 5.14. The van der Waals surface area contributed by atoms with Crippen LogP contribution in [-0.2, 0) is 9.53 Å². The molecule has 1 heterocycles. The first kappa shape index (κ1) is 13.6. The molecule has 2 aromatic rings. The van der Waals surface area contributed by atoms with Gasteiger partial charge in [-0.15, -0.1) is 0 Å². The Morgan fingerprint density at radius 3 is 2.80 bits per heavy atom. The molecular weight excluding hydrogens is 318 g/mol. The number of carbonyl (C=O) groups is 1. The maximum Gasteiger partial charge on any atom is 0.227 e. The molecule has 0 aliphatic carbocycles. The summed E-state index contributed by atoms with van der Waals surface area (Å²) in [7, 11) is 0. The number of fused-ring (bicyclic) bond motifs is 1. The molecule has 0 saturated carbocycles. The van der Waals surface area contributed by atoms with E-state index in [1.807, 2.05) is 36.4 Å². The Hall–Kier alpha value is -1.39. The summed E-state index contributed by atoms with van der Waals surface area (Å²) < 4.78 is 6.53. The van der Waals surface area contributed by atoms with Crippen molar-refractivity contribution in [2.24, 2.45) is 0 Å². The molecule has 1 atom stereocenters. The summed E-state index contributed by atoms with van der Waals surface area (Å²) >= 11 is 3.54. The van der Waals surface area contributed by atoms with Crippen LogP contribution in [0.5, 0.6) is 0 Å². The molecule has 1 saturated heterocycles. The molecule has 20 heavy (non-hydrogen) atoms. The molecule has 2 aromatic carbocycles. The van der Waals surface area contributed by atoms with Gasteiger partial charge in [-0.2, -0.15) is 0 Å². The van der Waals surface area contributed by atoms with Gasteiger partial charge in [0.25, 0.3) is 0 Å². The van der Waals surface area contributed by atoms with Gasteiger partial charge in [0.1, 0.15) is 0 Å². The topological polar surface area (TPSA) is 38.3 Å². The second kappa shape index (κ2) is 5.94. The van der Waals surface area contributed by atoms with Gasteiger partial charge < -0.3 is 10.1 Å². The first-order valence-corrected chi connectivity index (χ1v) is 7.62. The lowest BCUT2D eigenvalue weighted by Gasteiger charge is -2.12. The van der Waals surface area contributed by atoms with E-state index in [4.69, 9.17) is 4.74 Å². The summed E-state index contributed by atoms with van der Waals surface area (Å²) in [6, 6.07) is 11.9. The Morgan fingerprint density at radius 1 is 1.25 bits per heavy atom. The van der Waals surface area contributed by atoms with Crippen LogP contribution in [0.1, 0.15) is 19.3 Å². The molecule has 1 amide bonds. The first-order valence-electron chi connectivity index (χ1n) is 6.83. The average molecular weight is 334 g/mol. The molecule has 0 radical (unpaired) electrons. The van der Waals surface area contributed by atoms with Crippen LogP contribution in [0, 0.1) is 0 Å². The minimum Gasteiger partial charge on any atom is -0.378 e. The third-order valence-corrected chi connectivity index (χ3v) is 4.27. The fourth-order valence-corrected chi connectivity index (χ4v) is 3.06. The predicted molar refractivity (Wildman–Crippen MR) is 83.9 cm³/mol. The zero-order chi connectivity index (χ0) is 13.9. The molecule has 1 aliphatic heterocycles. The van der Waals surface area contributed by atoms with Crippen molar-refractivity contribution in [1.29, 1.82) is 0 Å². The number of hydrogen-bond acceptors (Lipinski definition) is 2. The van der Waals surface area contributed by atoms with Gasteiger partial charge in [-0.3, -0.25) is 4.79 Å². The number of halogens is 1. The molecule has 104 valence electrons. The monoisotopic (exact) mass is 333 g/mol. The molecule has 3 rings (SSSR count). The number of rotatable bonds is 3. The number of benzene rings is 2. The summed E-state index contributed by atoms with van der Waals surface area (Å²) in [5.41, 5.74) is 0.854.